The number of hydrogen-bond donors (Lipinski definition) is 3. The van der Waals surface area contributed by atoms with Crippen LogP contribution in [-0.2, 0) is 22.4 Å². The quantitative estimate of drug-likeness (QED) is 0.397. The lowest BCUT2D eigenvalue weighted by molar-refractivity contribution is -0.141. The molecule has 0 aliphatic carbocycles. The van der Waals surface area contributed by atoms with Crippen LogP contribution in [0.15, 0.2) is 65.1 Å². The van der Waals surface area contributed by atoms with Gasteiger partial charge in [-0.15, -0.1) is 0 Å². The molecule has 172 valence electrons. The standard InChI is InChI=1S/C25H24ClNO6/c1-15(25(31)32)11-20(27-24(30)22-10-9-21(33-22)14-23(28)29)12-16-5-7-17(8-6-16)18-3-2-4-19(26)13-18/h2-10,13,15,20H,11-12,14H2,1H3,(H,27,30)(H,28,29)(H,31,32)/t15-,20+/m1/s1. The first-order valence-electron chi connectivity index (χ1n) is 10.4. The number of benzene rings is 2. The van der Waals surface area contributed by atoms with Gasteiger partial charge in [-0.05, 0) is 53.8 Å². The van der Waals surface area contributed by atoms with Crippen LogP contribution in [0.25, 0.3) is 11.1 Å². The molecule has 0 fully saturated rings. The summed E-state index contributed by atoms with van der Waals surface area (Å²) in [6.45, 7) is 1.58. The third kappa shape index (κ3) is 6.95. The molecule has 0 aliphatic rings. The van der Waals surface area contributed by atoms with Gasteiger partial charge in [0.25, 0.3) is 5.91 Å². The van der Waals surface area contributed by atoms with Gasteiger partial charge in [0, 0.05) is 11.1 Å². The van der Waals surface area contributed by atoms with Crippen LogP contribution < -0.4 is 5.32 Å². The van der Waals surface area contributed by atoms with Crippen molar-refractivity contribution in [2.24, 2.45) is 5.92 Å². The molecule has 0 aliphatic heterocycles. The number of aliphatic carboxylic acids is 2. The summed E-state index contributed by atoms with van der Waals surface area (Å²) in [5.74, 6) is -3.06. The van der Waals surface area contributed by atoms with Gasteiger partial charge in [0.1, 0.15) is 12.2 Å². The highest BCUT2D eigenvalue weighted by Gasteiger charge is 2.22. The normalized spacial score (nSPS) is 12.7. The molecule has 1 amide bonds. The van der Waals surface area contributed by atoms with Gasteiger partial charge < -0.3 is 19.9 Å². The lowest BCUT2D eigenvalue weighted by Gasteiger charge is -2.20. The Morgan fingerprint density at radius 3 is 2.36 bits per heavy atom. The Balaban J connectivity index is 1.73. The van der Waals surface area contributed by atoms with Crippen molar-refractivity contribution in [1.82, 2.24) is 5.32 Å². The molecule has 3 N–H and O–H groups in total. The SMILES string of the molecule is C[C@H](C[C@@H](Cc1ccc(-c2cccc(Cl)c2)cc1)NC(=O)c1ccc(CC(=O)O)o1)C(=O)O. The number of nitrogens with one attached hydrogen (secondary N) is 1. The fourth-order valence-corrected chi connectivity index (χ4v) is 3.70. The summed E-state index contributed by atoms with van der Waals surface area (Å²) in [5.41, 5.74) is 2.89. The van der Waals surface area contributed by atoms with Gasteiger partial charge >= 0.3 is 11.9 Å². The van der Waals surface area contributed by atoms with Crippen LogP contribution in [0.2, 0.25) is 5.02 Å². The monoisotopic (exact) mass is 469 g/mol. The van der Waals surface area contributed by atoms with Crippen molar-refractivity contribution in [3.05, 3.63) is 82.8 Å². The average Bonchev–Trinajstić information content (AvgIpc) is 3.22. The first kappa shape index (κ1) is 24.1. The van der Waals surface area contributed by atoms with Crippen LogP contribution in [-0.4, -0.2) is 34.1 Å². The molecule has 0 spiro atoms. The van der Waals surface area contributed by atoms with E-state index in [9.17, 15) is 19.5 Å². The highest BCUT2D eigenvalue weighted by Crippen LogP contribution is 2.24. The molecule has 2 atom stereocenters. The summed E-state index contributed by atoms with van der Waals surface area (Å²) in [4.78, 5) is 34.9. The molecule has 7 nitrogen and oxygen atoms in total. The van der Waals surface area contributed by atoms with Gasteiger partial charge in [-0.3, -0.25) is 14.4 Å². The van der Waals surface area contributed by atoms with Crippen molar-refractivity contribution in [1.29, 1.82) is 0 Å². The second-order valence-electron chi connectivity index (χ2n) is 7.89. The molecule has 1 aromatic heterocycles. The Kier molecular flexibility index (Phi) is 7.90. The first-order chi connectivity index (χ1) is 15.7. The maximum absolute atomic E-state index is 12.7. The fourth-order valence-electron chi connectivity index (χ4n) is 3.51. The maximum Gasteiger partial charge on any atom is 0.311 e. The van der Waals surface area contributed by atoms with Crippen molar-refractivity contribution in [2.75, 3.05) is 0 Å². The third-order valence-electron chi connectivity index (χ3n) is 5.20. The Morgan fingerprint density at radius 2 is 1.73 bits per heavy atom. The molecular weight excluding hydrogens is 446 g/mol. The number of hydrogen-bond acceptors (Lipinski definition) is 4. The van der Waals surface area contributed by atoms with Crippen molar-refractivity contribution < 1.29 is 29.0 Å². The van der Waals surface area contributed by atoms with E-state index in [1.807, 2.05) is 42.5 Å². The molecule has 0 unspecified atom stereocenters. The van der Waals surface area contributed by atoms with Crippen LogP contribution in [0.3, 0.4) is 0 Å². The molecule has 0 bridgehead atoms. The number of furan rings is 1. The number of carboxylic acid groups (broad SMARTS) is 2. The third-order valence-corrected chi connectivity index (χ3v) is 5.43. The highest BCUT2D eigenvalue weighted by molar-refractivity contribution is 6.30. The summed E-state index contributed by atoms with van der Waals surface area (Å²) in [7, 11) is 0. The van der Waals surface area contributed by atoms with E-state index in [4.69, 9.17) is 21.1 Å². The molecule has 3 aromatic rings. The second kappa shape index (κ2) is 10.8. The van der Waals surface area contributed by atoms with E-state index in [0.717, 1.165) is 16.7 Å². The Bertz CT molecular complexity index is 1140. The second-order valence-corrected chi connectivity index (χ2v) is 8.33. The van der Waals surface area contributed by atoms with Crippen LogP contribution in [0.1, 0.15) is 35.2 Å². The lowest BCUT2D eigenvalue weighted by Crippen LogP contribution is -2.38. The van der Waals surface area contributed by atoms with E-state index in [1.165, 1.54) is 12.1 Å². The topological polar surface area (TPSA) is 117 Å². The van der Waals surface area contributed by atoms with E-state index in [2.05, 4.69) is 5.32 Å². The van der Waals surface area contributed by atoms with E-state index < -0.39 is 29.8 Å². The van der Waals surface area contributed by atoms with E-state index in [1.54, 1.807) is 13.0 Å². The van der Waals surface area contributed by atoms with Gasteiger partial charge in [-0.1, -0.05) is 54.9 Å². The zero-order valence-electron chi connectivity index (χ0n) is 18.0. The molecular formula is C25H24ClNO6. The van der Waals surface area contributed by atoms with Crippen molar-refractivity contribution in [2.45, 2.75) is 32.2 Å². The lowest BCUT2D eigenvalue weighted by atomic mass is 9.95. The number of rotatable bonds is 10. The molecule has 8 heteroatoms. The Hall–Kier alpha value is -3.58. The van der Waals surface area contributed by atoms with E-state index in [-0.39, 0.29) is 24.4 Å². The number of carbonyl (C=O) groups is 3. The summed E-state index contributed by atoms with van der Waals surface area (Å²) < 4.78 is 5.31. The van der Waals surface area contributed by atoms with Crippen molar-refractivity contribution in [3.63, 3.8) is 0 Å². The van der Waals surface area contributed by atoms with Crippen LogP contribution in [0, 0.1) is 5.92 Å². The summed E-state index contributed by atoms with van der Waals surface area (Å²) >= 11 is 6.07. The number of halogens is 1. The van der Waals surface area contributed by atoms with E-state index in [0.29, 0.717) is 11.4 Å². The molecule has 3 rings (SSSR count). The van der Waals surface area contributed by atoms with Crippen molar-refractivity contribution >= 4 is 29.4 Å². The average molecular weight is 470 g/mol. The fraction of sp³-hybridized carbons (Fsp3) is 0.240. The predicted octanol–water partition coefficient (Wildman–Crippen LogP) is 4.68. The minimum Gasteiger partial charge on any atom is -0.481 e. The molecule has 33 heavy (non-hydrogen) atoms. The highest BCUT2D eigenvalue weighted by atomic mass is 35.5. The Labute approximate surface area is 196 Å². The minimum atomic E-state index is -1.06. The molecule has 0 radical (unpaired) electrons. The maximum atomic E-state index is 12.7. The van der Waals surface area contributed by atoms with E-state index >= 15 is 0 Å². The molecule has 0 saturated carbocycles. The number of carbonyl (C=O) groups excluding carboxylic acids is 1. The zero-order chi connectivity index (χ0) is 24.0. The number of amides is 1. The molecule has 2 aromatic carbocycles. The predicted molar refractivity (Wildman–Crippen MR) is 123 cm³/mol. The minimum absolute atomic E-state index is 0.0180. The van der Waals surface area contributed by atoms with Crippen LogP contribution >= 0.6 is 11.6 Å². The first-order valence-corrected chi connectivity index (χ1v) is 10.8. The number of carboxylic acids is 2. The smallest absolute Gasteiger partial charge is 0.311 e. The summed E-state index contributed by atoms with van der Waals surface area (Å²) in [5, 5.41) is 21.7. The van der Waals surface area contributed by atoms with Gasteiger partial charge in [0.2, 0.25) is 0 Å². The summed E-state index contributed by atoms with van der Waals surface area (Å²) in [6, 6.07) is 17.6. The van der Waals surface area contributed by atoms with Crippen molar-refractivity contribution in [3.8, 4) is 11.1 Å². The van der Waals surface area contributed by atoms with Gasteiger partial charge in [-0.2, -0.15) is 0 Å². The molecule has 0 saturated heterocycles. The van der Waals surface area contributed by atoms with Gasteiger partial charge in [0.05, 0.1) is 5.92 Å². The molecule has 1 heterocycles. The summed E-state index contributed by atoms with van der Waals surface area (Å²) in [6.07, 6.45) is 0.313. The Morgan fingerprint density at radius 1 is 1.00 bits per heavy atom. The van der Waals surface area contributed by atoms with Crippen LogP contribution in [0.4, 0.5) is 0 Å². The van der Waals surface area contributed by atoms with Gasteiger partial charge in [0.15, 0.2) is 5.76 Å². The van der Waals surface area contributed by atoms with Crippen LogP contribution in [0.5, 0.6) is 0 Å². The van der Waals surface area contributed by atoms with Gasteiger partial charge in [-0.25, -0.2) is 0 Å². The zero-order valence-corrected chi connectivity index (χ0v) is 18.7. The largest absolute Gasteiger partial charge is 0.481 e.